The molecule has 0 aliphatic rings. The molecule has 0 radical (unpaired) electrons. The smallest absolute Gasteiger partial charge is 0.221 e. The van der Waals surface area contributed by atoms with Crippen LogP contribution in [-0.2, 0) is 11.2 Å². The van der Waals surface area contributed by atoms with E-state index < -0.39 is 0 Å². The van der Waals surface area contributed by atoms with Gasteiger partial charge in [0.25, 0.3) is 0 Å². The second-order valence-corrected chi connectivity index (χ2v) is 8.74. The third-order valence-electron chi connectivity index (χ3n) is 6.13. The summed E-state index contributed by atoms with van der Waals surface area (Å²) >= 11 is 0. The lowest BCUT2D eigenvalue weighted by Gasteiger charge is -2.26. The fraction of sp³-hybridized carbons (Fsp3) is 0.276. The minimum Gasteiger partial charge on any atom is -0.355 e. The maximum atomic E-state index is 13.5. The van der Waals surface area contributed by atoms with Gasteiger partial charge in [0.1, 0.15) is 11.6 Å². The van der Waals surface area contributed by atoms with Crippen LogP contribution < -0.4 is 10.2 Å². The first-order valence-corrected chi connectivity index (χ1v) is 12.1. The van der Waals surface area contributed by atoms with Gasteiger partial charge in [-0.25, -0.2) is 14.4 Å². The number of hydrogen-bond acceptors (Lipinski definition) is 4. The van der Waals surface area contributed by atoms with Crippen molar-refractivity contribution in [1.29, 1.82) is 0 Å². The molecule has 0 saturated heterocycles. The number of fused-ring (bicyclic) bond motifs is 1. The van der Waals surface area contributed by atoms with Gasteiger partial charge >= 0.3 is 0 Å². The van der Waals surface area contributed by atoms with Crippen LogP contribution in [0.5, 0.6) is 0 Å². The molecular weight excluding hydrogens is 439 g/mol. The first-order valence-electron chi connectivity index (χ1n) is 12.1. The molecule has 0 aliphatic heterocycles. The average Bonchev–Trinajstić information content (AvgIpc) is 2.89. The Hall–Kier alpha value is -3.80. The molecule has 1 N–H and O–H groups in total. The molecule has 1 unspecified atom stereocenters. The number of amides is 1. The Labute approximate surface area is 206 Å². The minimum atomic E-state index is -0.299. The number of carbonyl (C=O) groups is 1. The number of aromatic nitrogens is 2. The Bertz CT molecular complexity index is 1260. The highest BCUT2D eigenvalue weighted by atomic mass is 19.1. The number of carbonyl (C=O) groups excluding carboxylic acids is 1. The number of nitrogens with one attached hydrogen (secondary N) is 1. The highest BCUT2D eigenvalue weighted by molar-refractivity contribution is 5.91. The van der Waals surface area contributed by atoms with Gasteiger partial charge in [0.15, 0.2) is 5.82 Å². The predicted molar refractivity (Wildman–Crippen MR) is 140 cm³/mol. The van der Waals surface area contributed by atoms with Gasteiger partial charge in [-0.15, -0.1) is 0 Å². The molecule has 180 valence electrons. The molecule has 1 amide bonds. The molecule has 0 saturated carbocycles. The molecule has 0 fully saturated rings. The van der Waals surface area contributed by atoms with Gasteiger partial charge in [0.05, 0.1) is 5.52 Å². The van der Waals surface area contributed by atoms with Crippen molar-refractivity contribution < 1.29 is 9.18 Å². The van der Waals surface area contributed by atoms with Gasteiger partial charge in [-0.2, -0.15) is 0 Å². The molecule has 0 bridgehead atoms. The zero-order valence-corrected chi connectivity index (χ0v) is 20.2. The van der Waals surface area contributed by atoms with E-state index in [9.17, 15) is 9.18 Å². The van der Waals surface area contributed by atoms with Crippen molar-refractivity contribution in [1.82, 2.24) is 15.3 Å². The summed E-state index contributed by atoms with van der Waals surface area (Å²) in [4.78, 5) is 24.4. The molecule has 35 heavy (non-hydrogen) atoms. The van der Waals surface area contributed by atoms with Crippen molar-refractivity contribution >= 4 is 22.6 Å². The Kier molecular flexibility index (Phi) is 8.03. The van der Waals surface area contributed by atoms with E-state index in [1.54, 1.807) is 12.1 Å². The van der Waals surface area contributed by atoms with Crippen LogP contribution in [0.1, 0.15) is 32.3 Å². The lowest BCUT2D eigenvalue weighted by Crippen LogP contribution is -2.36. The molecule has 3 aromatic carbocycles. The number of halogens is 1. The fourth-order valence-corrected chi connectivity index (χ4v) is 3.95. The Morgan fingerprint density at radius 1 is 0.943 bits per heavy atom. The summed E-state index contributed by atoms with van der Waals surface area (Å²) in [5, 5.41) is 3.98. The number of para-hydroxylation sites is 1. The van der Waals surface area contributed by atoms with Crippen LogP contribution in [0.3, 0.4) is 0 Å². The Balaban J connectivity index is 1.69. The molecule has 4 rings (SSSR count). The molecule has 6 heteroatoms. The van der Waals surface area contributed by atoms with E-state index in [4.69, 9.17) is 9.97 Å². The lowest BCUT2D eigenvalue weighted by atomic mass is 10.1. The lowest BCUT2D eigenvalue weighted by molar-refractivity contribution is -0.121. The number of nitrogens with zero attached hydrogens (tertiary/aromatic N) is 3. The first-order chi connectivity index (χ1) is 17.0. The maximum absolute atomic E-state index is 13.5. The van der Waals surface area contributed by atoms with Gasteiger partial charge in [-0.3, -0.25) is 4.79 Å². The van der Waals surface area contributed by atoms with Gasteiger partial charge in [0, 0.05) is 36.5 Å². The summed E-state index contributed by atoms with van der Waals surface area (Å²) in [5.74, 6) is 1.04. The summed E-state index contributed by atoms with van der Waals surface area (Å²) in [6.07, 6.45) is 2.07. The van der Waals surface area contributed by atoms with Gasteiger partial charge < -0.3 is 10.2 Å². The summed E-state index contributed by atoms with van der Waals surface area (Å²) in [6, 6.07) is 24.5. The van der Waals surface area contributed by atoms with Crippen molar-refractivity contribution in [2.24, 2.45) is 0 Å². The molecular formula is C29H31FN4O. The number of benzene rings is 3. The maximum Gasteiger partial charge on any atom is 0.221 e. The second kappa shape index (κ2) is 11.6. The summed E-state index contributed by atoms with van der Waals surface area (Å²) in [7, 11) is 0. The zero-order chi connectivity index (χ0) is 24.6. The quantitative estimate of drug-likeness (QED) is 0.319. The van der Waals surface area contributed by atoms with Gasteiger partial charge in [-0.05, 0) is 61.7 Å². The third-order valence-corrected chi connectivity index (χ3v) is 6.13. The molecule has 0 spiro atoms. The molecule has 1 atom stereocenters. The predicted octanol–water partition coefficient (Wildman–Crippen LogP) is 5.79. The normalized spacial score (nSPS) is 11.9. The van der Waals surface area contributed by atoms with E-state index in [1.165, 1.54) is 17.7 Å². The number of hydrogen-bond donors (Lipinski definition) is 1. The van der Waals surface area contributed by atoms with Crippen molar-refractivity contribution in [3.8, 4) is 11.4 Å². The van der Waals surface area contributed by atoms with E-state index in [0.29, 0.717) is 25.3 Å². The number of rotatable bonds is 10. The Morgan fingerprint density at radius 3 is 2.40 bits per heavy atom. The molecule has 1 heterocycles. The van der Waals surface area contributed by atoms with Crippen LogP contribution in [-0.4, -0.2) is 35.0 Å². The molecule has 1 aromatic heterocycles. The van der Waals surface area contributed by atoms with Crippen molar-refractivity contribution in [2.45, 2.75) is 39.2 Å². The minimum absolute atomic E-state index is 0.0289. The number of anilines is 1. The highest BCUT2D eigenvalue weighted by Crippen LogP contribution is 2.28. The van der Waals surface area contributed by atoms with Crippen LogP contribution in [0.15, 0.2) is 78.9 Å². The van der Waals surface area contributed by atoms with E-state index in [-0.39, 0.29) is 17.8 Å². The van der Waals surface area contributed by atoms with Gasteiger partial charge in [0.2, 0.25) is 5.91 Å². The molecule has 5 nitrogen and oxygen atoms in total. The zero-order valence-electron chi connectivity index (χ0n) is 20.2. The van der Waals surface area contributed by atoms with Crippen molar-refractivity contribution in [3.05, 3.63) is 90.2 Å². The monoisotopic (exact) mass is 470 g/mol. The molecule has 0 aliphatic carbocycles. The van der Waals surface area contributed by atoms with Crippen LogP contribution in [0.2, 0.25) is 0 Å². The Morgan fingerprint density at radius 2 is 1.66 bits per heavy atom. The topological polar surface area (TPSA) is 58.1 Å². The fourth-order valence-electron chi connectivity index (χ4n) is 3.95. The summed E-state index contributed by atoms with van der Waals surface area (Å²) in [6.45, 7) is 5.29. The van der Waals surface area contributed by atoms with E-state index >= 15 is 0 Å². The third kappa shape index (κ3) is 6.41. The largest absolute Gasteiger partial charge is 0.355 e. The van der Waals surface area contributed by atoms with E-state index in [2.05, 4.69) is 29.3 Å². The molecule has 4 aromatic rings. The highest BCUT2D eigenvalue weighted by Gasteiger charge is 2.17. The van der Waals surface area contributed by atoms with Crippen molar-refractivity contribution in [3.63, 3.8) is 0 Å². The van der Waals surface area contributed by atoms with Gasteiger partial charge in [-0.1, -0.05) is 49.4 Å². The van der Waals surface area contributed by atoms with E-state index in [0.717, 1.165) is 35.1 Å². The SMILES string of the molecule is CCC(C)NC(=O)CCN(CCc1ccccc1)c1nc(-c2ccc(F)cc2)nc2ccccc12. The van der Waals surface area contributed by atoms with Crippen LogP contribution >= 0.6 is 0 Å². The first kappa shape index (κ1) is 24.3. The summed E-state index contributed by atoms with van der Waals surface area (Å²) < 4.78 is 13.5. The summed E-state index contributed by atoms with van der Waals surface area (Å²) in [5.41, 5.74) is 2.78. The van der Waals surface area contributed by atoms with Crippen LogP contribution in [0.25, 0.3) is 22.3 Å². The standard InChI is InChI=1S/C29H31FN4O/c1-3-21(2)31-27(35)18-20-34(19-17-22-9-5-4-6-10-22)29-25-11-7-8-12-26(25)32-28(33-29)23-13-15-24(30)16-14-23/h4-16,21H,3,17-20H2,1-2H3,(H,31,35). The van der Waals surface area contributed by atoms with Crippen LogP contribution in [0.4, 0.5) is 10.2 Å². The second-order valence-electron chi connectivity index (χ2n) is 8.74. The van der Waals surface area contributed by atoms with Crippen molar-refractivity contribution in [2.75, 3.05) is 18.0 Å². The average molecular weight is 471 g/mol. The van der Waals surface area contributed by atoms with Crippen LogP contribution in [0, 0.1) is 5.82 Å². The van der Waals surface area contributed by atoms with E-state index in [1.807, 2.05) is 49.4 Å².